The number of hydrogen-bond donors (Lipinski definition) is 3. The molecule has 130 valence electrons. The van der Waals surface area contributed by atoms with Crippen molar-refractivity contribution < 1.29 is 18.1 Å². The van der Waals surface area contributed by atoms with Gasteiger partial charge in [0.2, 0.25) is 5.88 Å². The maximum absolute atomic E-state index is 11.9. The smallest absolute Gasteiger partial charge is 0.296 e. The number of nitrogens with zero attached hydrogens (tertiary/aromatic N) is 4. The van der Waals surface area contributed by atoms with Crippen molar-refractivity contribution in [2.75, 3.05) is 5.73 Å². The van der Waals surface area contributed by atoms with Gasteiger partial charge in [0.05, 0.1) is 11.4 Å². The van der Waals surface area contributed by atoms with Crippen LogP contribution in [0, 0.1) is 18.3 Å². The van der Waals surface area contributed by atoms with E-state index in [1.165, 1.54) is 26.1 Å². The lowest BCUT2D eigenvalue weighted by molar-refractivity contribution is 0.424. The van der Waals surface area contributed by atoms with Crippen LogP contribution in [0.4, 0.5) is 17.1 Å². The first-order chi connectivity index (χ1) is 11.6. The van der Waals surface area contributed by atoms with Gasteiger partial charge in [-0.3, -0.25) is 13.9 Å². The van der Waals surface area contributed by atoms with Crippen molar-refractivity contribution in [2.45, 2.75) is 11.8 Å². The van der Waals surface area contributed by atoms with E-state index in [1.807, 2.05) is 0 Å². The van der Waals surface area contributed by atoms with Crippen molar-refractivity contribution in [1.82, 2.24) is 4.57 Å². The molecular formula is C14H13N5O5S. The lowest BCUT2D eigenvalue weighted by atomic mass is 10.1. The van der Waals surface area contributed by atoms with E-state index in [2.05, 4.69) is 10.2 Å². The summed E-state index contributed by atoms with van der Waals surface area (Å²) in [4.78, 5) is 11.3. The summed E-state index contributed by atoms with van der Waals surface area (Å²) in [5.74, 6) is -0.504. The molecule has 0 amide bonds. The average Bonchev–Trinajstić information content (AvgIpc) is 2.53. The minimum absolute atomic E-state index is 0.0213. The van der Waals surface area contributed by atoms with Crippen LogP contribution < -0.4 is 11.3 Å². The van der Waals surface area contributed by atoms with Gasteiger partial charge in [0.15, 0.2) is 5.69 Å². The van der Waals surface area contributed by atoms with Gasteiger partial charge in [-0.1, -0.05) is 0 Å². The zero-order valence-electron chi connectivity index (χ0n) is 13.1. The van der Waals surface area contributed by atoms with E-state index in [0.29, 0.717) is 0 Å². The number of benzene rings is 1. The van der Waals surface area contributed by atoms with Crippen molar-refractivity contribution >= 4 is 27.2 Å². The lowest BCUT2D eigenvalue weighted by Gasteiger charge is -2.08. The molecule has 0 saturated carbocycles. The Morgan fingerprint density at radius 1 is 1.32 bits per heavy atom. The van der Waals surface area contributed by atoms with E-state index in [-0.39, 0.29) is 28.2 Å². The molecule has 1 heterocycles. The Bertz CT molecular complexity index is 1100. The number of rotatable bonds is 3. The van der Waals surface area contributed by atoms with E-state index >= 15 is 0 Å². The molecule has 2 aromatic rings. The number of hydrogen-bond acceptors (Lipinski definition) is 8. The molecule has 11 heteroatoms. The van der Waals surface area contributed by atoms with Gasteiger partial charge in [0, 0.05) is 12.6 Å². The third-order valence-corrected chi connectivity index (χ3v) is 4.34. The van der Waals surface area contributed by atoms with Gasteiger partial charge in [0.25, 0.3) is 15.7 Å². The molecule has 10 nitrogen and oxygen atoms in total. The SMILES string of the molecule is Cc1c(N=Nc2ccc(N)c(S(=O)(=O)O)c2)c(O)n(C)c(=O)c1C#N. The van der Waals surface area contributed by atoms with Gasteiger partial charge < -0.3 is 10.8 Å². The van der Waals surface area contributed by atoms with Gasteiger partial charge in [-0.2, -0.15) is 18.8 Å². The van der Waals surface area contributed by atoms with Crippen LogP contribution in [0.25, 0.3) is 0 Å². The summed E-state index contributed by atoms with van der Waals surface area (Å²) in [6.45, 7) is 1.42. The summed E-state index contributed by atoms with van der Waals surface area (Å²) >= 11 is 0. The highest BCUT2D eigenvalue weighted by Gasteiger charge is 2.18. The number of nitrogen functional groups attached to an aromatic ring is 1. The van der Waals surface area contributed by atoms with E-state index < -0.39 is 26.5 Å². The number of azo groups is 1. The van der Waals surface area contributed by atoms with Crippen molar-refractivity contribution in [2.24, 2.45) is 17.3 Å². The average molecular weight is 363 g/mol. The second-order valence-corrected chi connectivity index (χ2v) is 6.44. The number of aromatic nitrogens is 1. The summed E-state index contributed by atoms with van der Waals surface area (Å²) in [6, 6.07) is 5.28. The Morgan fingerprint density at radius 2 is 1.96 bits per heavy atom. The number of nitriles is 1. The summed E-state index contributed by atoms with van der Waals surface area (Å²) in [5.41, 5.74) is 4.44. The fourth-order valence-electron chi connectivity index (χ4n) is 2.04. The van der Waals surface area contributed by atoms with Gasteiger partial charge in [0.1, 0.15) is 16.5 Å². The predicted octanol–water partition coefficient (Wildman–Crippen LogP) is 1.52. The third-order valence-electron chi connectivity index (χ3n) is 3.43. The van der Waals surface area contributed by atoms with Gasteiger partial charge >= 0.3 is 0 Å². The molecule has 1 aromatic heterocycles. The molecule has 0 aliphatic carbocycles. The number of nitrogens with two attached hydrogens (primary N) is 1. The Kier molecular flexibility index (Phi) is 4.60. The first-order valence-corrected chi connectivity index (χ1v) is 8.13. The molecule has 0 aliphatic rings. The summed E-state index contributed by atoms with van der Waals surface area (Å²) in [6.07, 6.45) is 0. The van der Waals surface area contributed by atoms with Crippen LogP contribution in [0.2, 0.25) is 0 Å². The maximum atomic E-state index is 11.9. The van der Waals surface area contributed by atoms with Gasteiger partial charge in [-0.15, -0.1) is 5.11 Å². The van der Waals surface area contributed by atoms with E-state index in [1.54, 1.807) is 6.07 Å². The minimum atomic E-state index is -4.54. The summed E-state index contributed by atoms with van der Waals surface area (Å²) in [5, 5.41) is 26.6. The molecular weight excluding hydrogens is 350 g/mol. The van der Waals surface area contributed by atoms with Crippen LogP contribution in [0.1, 0.15) is 11.1 Å². The quantitative estimate of drug-likeness (QED) is 0.421. The van der Waals surface area contributed by atoms with Gasteiger partial charge in [-0.05, 0) is 25.1 Å². The minimum Gasteiger partial charge on any atom is -0.493 e. The maximum Gasteiger partial charge on any atom is 0.296 e. The van der Waals surface area contributed by atoms with Crippen LogP contribution in [0.5, 0.6) is 5.88 Å². The van der Waals surface area contributed by atoms with Crippen LogP contribution in [-0.4, -0.2) is 22.6 Å². The molecule has 25 heavy (non-hydrogen) atoms. The number of aromatic hydroxyl groups is 1. The normalized spacial score (nSPS) is 11.6. The molecule has 0 aliphatic heterocycles. The summed E-state index contributed by atoms with van der Waals surface area (Å²) in [7, 11) is -3.28. The summed E-state index contributed by atoms with van der Waals surface area (Å²) < 4.78 is 32.4. The van der Waals surface area contributed by atoms with E-state index in [4.69, 9.17) is 15.5 Å². The van der Waals surface area contributed by atoms with Crippen molar-refractivity contribution in [3.8, 4) is 11.9 Å². The second-order valence-electron chi connectivity index (χ2n) is 5.05. The molecule has 4 N–H and O–H groups in total. The molecule has 0 fully saturated rings. The monoisotopic (exact) mass is 363 g/mol. The Morgan fingerprint density at radius 3 is 2.52 bits per heavy atom. The number of pyridine rings is 1. The first kappa shape index (κ1) is 18.1. The van der Waals surface area contributed by atoms with Crippen LogP contribution in [-0.2, 0) is 17.2 Å². The van der Waals surface area contributed by atoms with Gasteiger partial charge in [-0.25, -0.2) is 0 Å². The highest BCUT2D eigenvalue weighted by atomic mass is 32.2. The highest BCUT2D eigenvalue weighted by molar-refractivity contribution is 7.86. The molecule has 2 rings (SSSR count). The van der Waals surface area contributed by atoms with Crippen LogP contribution in [0.3, 0.4) is 0 Å². The fourth-order valence-corrected chi connectivity index (χ4v) is 2.67. The van der Waals surface area contributed by atoms with E-state index in [9.17, 15) is 18.3 Å². The zero-order valence-corrected chi connectivity index (χ0v) is 13.9. The molecule has 0 unspecified atom stereocenters. The largest absolute Gasteiger partial charge is 0.493 e. The van der Waals surface area contributed by atoms with Crippen molar-refractivity contribution in [1.29, 1.82) is 5.26 Å². The van der Waals surface area contributed by atoms with Crippen molar-refractivity contribution in [3.05, 3.63) is 39.7 Å². The fraction of sp³-hybridized carbons (Fsp3) is 0.143. The Labute approximate surface area is 142 Å². The Balaban J connectivity index is 2.61. The predicted molar refractivity (Wildman–Crippen MR) is 87.6 cm³/mol. The molecule has 1 aromatic carbocycles. The second kappa shape index (κ2) is 6.34. The van der Waals surface area contributed by atoms with Crippen LogP contribution in [0.15, 0.2) is 38.1 Å². The van der Waals surface area contributed by atoms with Crippen LogP contribution >= 0.6 is 0 Å². The molecule has 0 bridgehead atoms. The molecule has 0 radical (unpaired) electrons. The number of anilines is 1. The lowest BCUT2D eigenvalue weighted by Crippen LogP contribution is -2.20. The van der Waals surface area contributed by atoms with E-state index in [0.717, 1.165) is 10.6 Å². The Hall–Kier alpha value is -3.23. The molecule has 0 spiro atoms. The molecule has 0 atom stereocenters. The standard InChI is InChI=1S/C14H13N5O5S/c1-7-9(6-15)13(20)19(2)14(21)12(7)18-17-8-3-4-10(16)11(5-8)25(22,23)24/h3-5,21H,16H2,1-2H3,(H,22,23,24). The first-order valence-electron chi connectivity index (χ1n) is 6.69. The molecule has 0 saturated heterocycles. The zero-order chi connectivity index (χ0) is 18.9. The highest BCUT2D eigenvalue weighted by Crippen LogP contribution is 2.32. The van der Waals surface area contributed by atoms with Crippen molar-refractivity contribution in [3.63, 3.8) is 0 Å². The topological polar surface area (TPSA) is 171 Å². The third kappa shape index (κ3) is 3.35.